The molecule has 1 saturated heterocycles. The molecule has 156 valence electrons. The lowest BCUT2D eigenvalue weighted by molar-refractivity contribution is -0.133. The fourth-order valence-electron chi connectivity index (χ4n) is 3.14. The molecule has 2 N–H and O–H groups in total. The first-order valence-electron chi connectivity index (χ1n) is 9.88. The van der Waals surface area contributed by atoms with Crippen LogP contribution in [0.2, 0.25) is 5.02 Å². The molecule has 1 aliphatic heterocycles. The number of carbonyl (C=O) groups is 1. The highest BCUT2D eigenvalue weighted by Crippen LogP contribution is 2.19. The first kappa shape index (κ1) is 21.1. The number of aromatic nitrogens is 2. The van der Waals surface area contributed by atoms with Crippen molar-refractivity contribution in [3.63, 3.8) is 0 Å². The van der Waals surface area contributed by atoms with E-state index in [0.717, 1.165) is 25.1 Å². The monoisotopic (exact) mass is 418 g/mol. The largest absolute Gasteiger partial charge is 0.357 e. The molecule has 0 spiro atoms. The van der Waals surface area contributed by atoms with Crippen molar-refractivity contribution in [1.29, 1.82) is 0 Å². The highest BCUT2D eigenvalue weighted by atomic mass is 35.5. The number of carbonyl (C=O) groups excluding carboxylic acids is 1. The third kappa shape index (κ3) is 5.69. The molecule has 0 aliphatic carbocycles. The van der Waals surface area contributed by atoms with Gasteiger partial charge in [0.2, 0.25) is 17.6 Å². The van der Waals surface area contributed by atoms with Gasteiger partial charge in [-0.3, -0.25) is 4.79 Å². The first-order valence-corrected chi connectivity index (χ1v) is 10.3. The summed E-state index contributed by atoms with van der Waals surface area (Å²) in [5.74, 6) is 1.81. The molecule has 1 fully saturated rings. The fraction of sp³-hybridized carbons (Fsp3) is 0.500. The van der Waals surface area contributed by atoms with E-state index in [2.05, 4.69) is 25.8 Å². The van der Waals surface area contributed by atoms with Crippen LogP contribution in [0.15, 0.2) is 33.8 Å². The average molecular weight is 419 g/mol. The second-order valence-electron chi connectivity index (χ2n) is 7.28. The Morgan fingerprint density at radius 1 is 1.38 bits per heavy atom. The molecule has 1 unspecified atom stereocenters. The van der Waals surface area contributed by atoms with E-state index in [1.54, 1.807) is 12.1 Å². The molecule has 1 aromatic heterocycles. The molecular formula is C20H27ClN6O2. The van der Waals surface area contributed by atoms with Crippen LogP contribution >= 0.6 is 11.6 Å². The first-order chi connectivity index (χ1) is 14.0. The van der Waals surface area contributed by atoms with Gasteiger partial charge in [0.25, 0.3) is 0 Å². The predicted molar refractivity (Wildman–Crippen MR) is 113 cm³/mol. The Balaban J connectivity index is 1.60. The summed E-state index contributed by atoms with van der Waals surface area (Å²) in [5.41, 5.74) is 0.833. The van der Waals surface area contributed by atoms with E-state index in [-0.39, 0.29) is 24.4 Å². The van der Waals surface area contributed by atoms with Crippen LogP contribution < -0.4 is 10.6 Å². The number of halogens is 1. The van der Waals surface area contributed by atoms with Gasteiger partial charge in [-0.2, -0.15) is 4.98 Å². The maximum Gasteiger partial charge on any atom is 0.248 e. The predicted octanol–water partition coefficient (Wildman–Crippen LogP) is 2.70. The van der Waals surface area contributed by atoms with Gasteiger partial charge in [0, 0.05) is 42.2 Å². The minimum Gasteiger partial charge on any atom is -0.357 e. The number of aliphatic imine (C=N–C) groups is 1. The van der Waals surface area contributed by atoms with Gasteiger partial charge in [0.05, 0.1) is 0 Å². The van der Waals surface area contributed by atoms with Crippen LogP contribution in [0.3, 0.4) is 0 Å². The number of likely N-dealkylation sites (tertiary alicyclic amines) is 1. The van der Waals surface area contributed by atoms with Gasteiger partial charge in [-0.15, -0.1) is 0 Å². The molecule has 1 aromatic carbocycles. The minimum atomic E-state index is 0.0167. The van der Waals surface area contributed by atoms with Gasteiger partial charge in [0.15, 0.2) is 5.96 Å². The maximum absolute atomic E-state index is 12.2. The molecule has 1 atom stereocenters. The normalized spacial score (nSPS) is 17.1. The Labute approximate surface area is 175 Å². The molecule has 3 rings (SSSR count). The van der Waals surface area contributed by atoms with Gasteiger partial charge in [0.1, 0.15) is 6.54 Å². The summed E-state index contributed by atoms with van der Waals surface area (Å²) >= 11 is 5.91. The molecule has 29 heavy (non-hydrogen) atoms. The molecule has 0 radical (unpaired) electrons. The van der Waals surface area contributed by atoms with Crippen molar-refractivity contribution in [3.05, 3.63) is 35.2 Å². The standard InChI is InChI=1S/C20H27ClN6O2/c1-4-22-20(24-16-9-10-27(12-16)19(28)13(2)3)23-11-17-25-18(26-29-17)14-5-7-15(21)8-6-14/h5-8,13,16H,4,9-12H2,1-3H3,(H2,22,23,24). The zero-order valence-electron chi connectivity index (χ0n) is 17.0. The summed E-state index contributed by atoms with van der Waals surface area (Å²) in [7, 11) is 0. The minimum absolute atomic E-state index is 0.0167. The molecule has 2 aromatic rings. The van der Waals surface area contributed by atoms with Crippen molar-refractivity contribution in [2.24, 2.45) is 10.9 Å². The van der Waals surface area contributed by atoms with E-state index in [0.29, 0.717) is 29.2 Å². The molecular weight excluding hydrogens is 392 g/mol. The van der Waals surface area contributed by atoms with Crippen molar-refractivity contribution < 1.29 is 9.32 Å². The zero-order chi connectivity index (χ0) is 20.8. The Bertz CT molecular complexity index is 849. The van der Waals surface area contributed by atoms with Crippen molar-refractivity contribution in [3.8, 4) is 11.4 Å². The summed E-state index contributed by atoms with van der Waals surface area (Å²) < 4.78 is 5.31. The quantitative estimate of drug-likeness (QED) is 0.553. The second kappa shape index (κ2) is 9.73. The van der Waals surface area contributed by atoms with Gasteiger partial charge in [-0.25, -0.2) is 4.99 Å². The third-order valence-electron chi connectivity index (χ3n) is 4.62. The molecule has 8 nitrogen and oxygen atoms in total. The molecule has 2 heterocycles. The summed E-state index contributed by atoms with van der Waals surface area (Å²) in [6.45, 7) is 8.30. The number of amides is 1. The van der Waals surface area contributed by atoms with E-state index in [1.807, 2.05) is 37.8 Å². The number of rotatable bonds is 6. The molecule has 1 amide bonds. The smallest absolute Gasteiger partial charge is 0.248 e. The van der Waals surface area contributed by atoms with Crippen LogP contribution in [0.1, 0.15) is 33.1 Å². The highest BCUT2D eigenvalue weighted by molar-refractivity contribution is 6.30. The van der Waals surface area contributed by atoms with Crippen molar-refractivity contribution in [2.75, 3.05) is 19.6 Å². The van der Waals surface area contributed by atoms with Crippen LogP contribution in [0.5, 0.6) is 0 Å². The van der Waals surface area contributed by atoms with Gasteiger partial charge >= 0.3 is 0 Å². The van der Waals surface area contributed by atoms with Gasteiger partial charge in [-0.1, -0.05) is 30.6 Å². The molecule has 9 heteroatoms. The van der Waals surface area contributed by atoms with Crippen LogP contribution in [0.25, 0.3) is 11.4 Å². The Morgan fingerprint density at radius 3 is 2.83 bits per heavy atom. The Morgan fingerprint density at radius 2 is 2.14 bits per heavy atom. The van der Waals surface area contributed by atoms with Crippen molar-refractivity contribution in [2.45, 2.75) is 39.8 Å². The van der Waals surface area contributed by atoms with E-state index < -0.39 is 0 Å². The summed E-state index contributed by atoms with van der Waals surface area (Å²) in [6, 6.07) is 7.43. The van der Waals surface area contributed by atoms with E-state index >= 15 is 0 Å². The average Bonchev–Trinajstić information content (AvgIpc) is 3.36. The maximum atomic E-state index is 12.2. The highest BCUT2D eigenvalue weighted by Gasteiger charge is 2.28. The second-order valence-corrected chi connectivity index (χ2v) is 7.72. The molecule has 0 bridgehead atoms. The van der Waals surface area contributed by atoms with E-state index in [4.69, 9.17) is 16.1 Å². The number of guanidine groups is 1. The van der Waals surface area contributed by atoms with E-state index in [1.165, 1.54) is 0 Å². The zero-order valence-corrected chi connectivity index (χ0v) is 17.7. The third-order valence-corrected chi connectivity index (χ3v) is 4.87. The summed E-state index contributed by atoms with van der Waals surface area (Å²) in [6.07, 6.45) is 0.893. The summed E-state index contributed by atoms with van der Waals surface area (Å²) in [4.78, 5) is 23.0. The summed E-state index contributed by atoms with van der Waals surface area (Å²) in [5, 5.41) is 11.3. The Hall–Kier alpha value is -2.61. The fourth-order valence-corrected chi connectivity index (χ4v) is 3.26. The topological polar surface area (TPSA) is 95.7 Å². The number of benzene rings is 1. The van der Waals surface area contributed by atoms with Crippen molar-refractivity contribution >= 4 is 23.5 Å². The van der Waals surface area contributed by atoms with Crippen LogP contribution in [0.4, 0.5) is 0 Å². The Kier molecular flexibility index (Phi) is 7.09. The van der Waals surface area contributed by atoms with Crippen molar-refractivity contribution in [1.82, 2.24) is 25.7 Å². The SMILES string of the molecule is CCNC(=NCc1nc(-c2ccc(Cl)cc2)no1)NC1CCN(C(=O)C(C)C)C1. The van der Waals surface area contributed by atoms with Gasteiger partial charge in [-0.05, 0) is 37.6 Å². The molecule has 1 aliphatic rings. The number of hydrogen-bond acceptors (Lipinski definition) is 5. The van der Waals surface area contributed by atoms with Gasteiger partial charge < -0.3 is 20.1 Å². The number of nitrogens with one attached hydrogen (secondary N) is 2. The number of nitrogens with zero attached hydrogens (tertiary/aromatic N) is 4. The van der Waals surface area contributed by atoms with Crippen LogP contribution in [-0.4, -0.2) is 52.6 Å². The van der Waals surface area contributed by atoms with E-state index in [9.17, 15) is 4.79 Å². The molecule has 0 saturated carbocycles. The lowest BCUT2D eigenvalue weighted by Gasteiger charge is -2.20. The lowest BCUT2D eigenvalue weighted by atomic mass is 10.2. The lowest BCUT2D eigenvalue weighted by Crippen LogP contribution is -2.45. The van der Waals surface area contributed by atoms with Crippen LogP contribution in [-0.2, 0) is 11.3 Å². The van der Waals surface area contributed by atoms with Crippen LogP contribution in [0, 0.1) is 5.92 Å². The number of hydrogen-bond donors (Lipinski definition) is 2.